The van der Waals surface area contributed by atoms with Gasteiger partial charge in [-0.2, -0.15) is 0 Å². The molecule has 0 bridgehead atoms. The minimum absolute atomic E-state index is 0.0320. The number of nitrogens with two attached hydrogens (primary N) is 1. The van der Waals surface area contributed by atoms with Gasteiger partial charge >= 0.3 is 0 Å². The number of carbonyl (C=O) groups excluding carboxylic acids is 1. The molecule has 0 radical (unpaired) electrons. The maximum Gasteiger partial charge on any atom is 0.230 e. The summed E-state index contributed by atoms with van der Waals surface area (Å²) in [7, 11) is 0. The van der Waals surface area contributed by atoms with E-state index in [2.05, 4.69) is 43.4 Å². The molecule has 140 valence electrons. The average Bonchev–Trinajstić information content (AvgIpc) is 3.11. The Hall–Kier alpha value is -2.50. The van der Waals surface area contributed by atoms with Crippen LogP contribution in [0.5, 0.6) is 0 Å². The van der Waals surface area contributed by atoms with Gasteiger partial charge in [0.2, 0.25) is 5.91 Å². The van der Waals surface area contributed by atoms with E-state index in [4.69, 9.17) is 4.98 Å². The van der Waals surface area contributed by atoms with Crippen LogP contribution in [0.2, 0.25) is 0 Å². The van der Waals surface area contributed by atoms with Gasteiger partial charge in [0.15, 0.2) is 5.13 Å². The fraction of sp³-hybridized carbons (Fsp3) is 0.273. The fourth-order valence-corrected chi connectivity index (χ4v) is 4.11. The first-order valence-corrected chi connectivity index (χ1v) is 10.1. The highest BCUT2D eigenvalue weighted by Gasteiger charge is 2.21. The van der Waals surface area contributed by atoms with Gasteiger partial charge in [-0.15, -0.1) is 11.3 Å². The third-order valence-corrected chi connectivity index (χ3v) is 5.42. The molecule has 1 amide bonds. The summed E-state index contributed by atoms with van der Waals surface area (Å²) >= 11 is 1.51. The number of aromatic nitrogens is 1. The smallest absolute Gasteiger partial charge is 0.230 e. The Morgan fingerprint density at radius 1 is 1.07 bits per heavy atom. The molecule has 0 aliphatic rings. The Morgan fingerprint density at radius 3 is 2.30 bits per heavy atom. The van der Waals surface area contributed by atoms with Crippen molar-refractivity contribution in [1.29, 1.82) is 0 Å². The molecule has 3 rings (SSSR count). The summed E-state index contributed by atoms with van der Waals surface area (Å²) in [6, 6.07) is 20.6. The summed E-state index contributed by atoms with van der Waals surface area (Å²) < 4.78 is 0. The van der Waals surface area contributed by atoms with Crippen molar-refractivity contribution in [3.63, 3.8) is 0 Å². The van der Waals surface area contributed by atoms with E-state index in [0.29, 0.717) is 12.0 Å². The standard InChI is InChI=1S/C22H25N3OS/c1-16(2)21(18-10-6-4-7-11-18)23-14-19-15-27-22(24-19)25(17(3)26)20-12-8-5-9-13-20/h4-13,15-16,21,23H,14H2,1-3H3/p+1/t21-/m0/s1. The molecule has 1 atom stereocenters. The number of carbonyl (C=O) groups is 1. The Balaban J connectivity index is 1.74. The molecular weight excluding hydrogens is 354 g/mol. The summed E-state index contributed by atoms with van der Waals surface area (Å²) in [5.74, 6) is 0.485. The molecule has 2 N–H and O–H groups in total. The van der Waals surface area contributed by atoms with Crippen LogP contribution in [0.1, 0.15) is 38.1 Å². The molecule has 1 aromatic heterocycles. The van der Waals surface area contributed by atoms with E-state index in [9.17, 15) is 4.79 Å². The van der Waals surface area contributed by atoms with Crippen LogP contribution >= 0.6 is 11.3 Å². The number of hydrogen-bond acceptors (Lipinski definition) is 3. The molecule has 0 fully saturated rings. The van der Waals surface area contributed by atoms with Crippen LogP contribution < -0.4 is 10.2 Å². The van der Waals surface area contributed by atoms with Crippen molar-refractivity contribution in [1.82, 2.24) is 4.98 Å². The highest BCUT2D eigenvalue weighted by molar-refractivity contribution is 7.14. The van der Waals surface area contributed by atoms with Crippen LogP contribution in [-0.4, -0.2) is 10.9 Å². The van der Waals surface area contributed by atoms with Gasteiger partial charge < -0.3 is 5.32 Å². The number of para-hydroxylation sites is 1. The van der Waals surface area contributed by atoms with Crippen LogP contribution in [0.15, 0.2) is 66.0 Å². The fourth-order valence-electron chi connectivity index (χ4n) is 3.21. The van der Waals surface area contributed by atoms with Crippen LogP contribution in [0.25, 0.3) is 0 Å². The van der Waals surface area contributed by atoms with Gasteiger partial charge in [-0.05, 0) is 12.1 Å². The largest absolute Gasteiger partial charge is 0.335 e. The average molecular weight is 381 g/mol. The van der Waals surface area contributed by atoms with Gasteiger partial charge in [-0.3, -0.25) is 9.69 Å². The van der Waals surface area contributed by atoms with Crippen LogP contribution in [0, 0.1) is 5.92 Å². The van der Waals surface area contributed by atoms with Gasteiger partial charge in [0.1, 0.15) is 18.3 Å². The highest BCUT2D eigenvalue weighted by Crippen LogP contribution is 2.28. The number of nitrogens with zero attached hydrogens (tertiary/aromatic N) is 2. The molecule has 0 saturated heterocycles. The Labute approximate surface area is 164 Å². The van der Waals surface area contributed by atoms with E-state index in [-0.39, 0.29) is 5.91 Å². The number of thiazole rings is 1. The van der Waals surface area contributed by atoms with Gasteiger partial charge in [0, 0.05) is 23.8 Å². The number of benzene rings is 2. The zero-order valence-electron chi connectivity index (χ0n) is 16.0. The lowest BCUT2D eigenvalue weighted by atomic mass is 9.96. The van der Waals surface area contributed by atoms with Crippen molar-refractivity contribution in [2.45, 2.75) is 33.4 Å². The monoisotopic (exact) mass is 380 g/mol. The molecule has 0 saturated carbocycles. The van der Waals surface area contributed by atoms with Crippen LogP contribution in [0.4, 0.5) is 10.8 Å². The first-order chi connectivity index (χ1) is 13.1. The van der Waals surface area contributed by atoms with E-state index in [1.807, 2.05) is 41.8 Å². The maximum atomic E-state index is 12.2. The Bertz CT molecular complexity index is 862. The second kappa shape index (κ2) is 8.93. The third-order valence-electron chi connectivity index (χ3n) is 4.54. The summed E-state index contributed by atoms with van der Waals surface area (Å²) in [4.78, 5) is 18.6. The highest BCUT2D eigenvalue weighted by atomic mass is 32.1. The summed E-state index contributed by atoms with van der Waals surface area (Å²) in [6.45, 7) is 6.85. The molecule has 4 nitrogen and oxygen atoms in total. The quantitative estimate of drug-likeness (QED) is 0.665. The van der Waals surface area contributed by atoms with Crippen molar-refractivity contribution in [3.8, 4) is 0 Å². The lowest BCUT2D eigenvalue weighted by molar-refractivity contribution is -0.717. The zero-order chi connectivity index (χ0) is 19.2. The maximum absolute atomic E-state index is 12.2. The van der Waals surface area contributed by atoms with E-state index in [1.165, 1.54) is 16.9 Å². The molecule has 0 spiro atoms. The van der Waals surface area contributed by atoms with Crippen molar-refractivity contribution in [2.75, 3.05) is 4.90 Å². The molecule has 3 aromatic rings. The van der Waals surface area contributed by atoms with E-state index in [0.717, 1.165) is 23.1 Å². The lowest BCUT2D eigenvalue weighted by Gasteiger charge is -2.19. The zero-order valence-corrected chi connectivity index (χ0v) is 16.8. The van der Waals surface area contributed by atoms with Gasteiger partial charge in [0.05, 0.1) is 5.69 Å². The van der Waals surface area contributed by atoms with E-state index < -0.39 is 0 Å². The lowest BCUT2D eigenvalue weighted by Crippen LogP contribution is -2.84. The molecule has 1 heterocycles. The molecule has 0 aliphatic heterocycles. The van der Waals surface area contributed by atoms with Crippen LogP contribution in [0.3, 0.4) is 0 Å². The van der Waals surface area contributed by atoms with Gasteiger partial charge in [-0.1, -0.05) is 62.4 Å². The molecule has 0 unspecified atom stereocenters. The van der Waals surface area contributed by atoms with E-state index in [1.54, 1.807) is 11.8 Å². The topological polar surface area (TPSA) is 49.8 Å². The Morgan fingerprint density at radius 2 is 1.70 bits per heavy atom. The Kier molecular flexibility index (Phi) is 6.37. The molecule has 5 heteroatoms. The SMILES string of the molecule is CC(=O)N(c1ccccc1)c1nc(C[NH2+][C@H](c2ccccc2)C(C)C)cs1. The first kappa shape index (κ1) is 19.3. The second-order valence-corrected chi connectivity index (χ2v) is 7.77. The van der Waals surface area contributed by atoms with Gasteiger partial charge in [0.25, 0.3) is 0 Å². The molecule has 27 heavy (non-hydrogen) atoms. The third kappa shape index (κ3) is 4.81. The molecule has 2 aromatic carbocycles. The van der Waals surface area contributed by atoms with Crippen molar-refractivity contribution in [2.24, 2.45) is 5.92 Å². The van der Waals surface area contributed by atoms with Crippen LogP contribution in [-0.2, 0) is 11.3 Å². The van der Waals surface area contributed by atoms with Gasteiger partial charge in [-0.25, -0.2) is 4.98 Å². The number of anilines is 2. The predicted molar refractivity (Wildman–Crippen MR) is 111 cm³/mol. The number of rotatable bonds is 7. The van der Waals surface area contributed by atoms with Crippen molar-refractivity contribution >= 4 is 28.1 Å². The minimum atomic E-state index is -0.0320. The predicted octanol–water partition coefficient (Wildman–Crippen LogP) is 4.29. The molecule has 0 aliphatic carbocycles. The van der Waals surface area contributed by atoms with E-state index >= 15 is 0 Å². The summed E-state index contributed by atoms with van der Waals surface area (Å²) in [5, 5.41) is 5.10. The van der Waals surface area contributed by atoms with Crippen molar-refractivity contribution < 1.29 is 10.1 Å². The molecular formula is C22H26N3OS+. The first-order valence-electron chi connectivity index (χ1n) is 9.24. The number of hydrogen-bond donors (Lipinski definition) is 1. The summed E-state index contributed by atoms with van der Waals surface area (Å²) in [6.07, 6.45) is 0. The number of amides is 1. The normalized spacial score (nSPS) is 12.1. The number of quaternary nitrogens is 1. The minimum Gasteiger partial charge on any atom is -0.335 e. The second-order valence-electron chi connectivity index (χ2n) is 6.93. The summed E-state index contributed by atoms with van der Waals surface area (Å²) in [5.41, 5.74) is 3.18. The van der Waals surface area contributed by atoms with Crippen molar-refractivity contribution in [3.05, 3.63) is 77.3 Å².